The van der Waals surface area contributed by atoms with Crippen LogP contribution >= 0.6 is 0 Å². The van der Waals surface area contributed by atoms with Gasteiger partial charge >= 0.3 is 6.09 Å². The molecule has 2 N–H and O–H groups in total. The molecule has 1 fully saturated rings. The van der Waals surface area contributed by atoms with Crippen LogP contribution < -0.4 is 10.6 Å². The van der Waals surface area contributed by atoms with Crippen LogP contribution in [0.5, 0.6) is 0 Å². The number of ether oxygens (including phenoxy) is 1. The van der Waals surface area contributed by atoms with Crippen LogP contribution in [0.1, 0.15) is 37.0 Å². The van der Waals surface area contributed by atoms with Gasteiger partial charge in [-0.15, -0.1) is 5.10 Å². The fraction of sp³-hybridized carbons (Fsp3) is 0.421. The molecule has 0 unspecified atom stereocenters. The number of hydrogen-bond acceptors (Lipinski definition) is 8. The summed E-state index contributed by atoms with van der Waals surface area (Å²) in [7, 11) is 0. The first kappa shape index (κ1) is 19.5. The fourth-order valence-electron chi connectivity index (χ4n) is 3.00. The molecule has 0 bridgehead atoms. The van der Waals surface area contributed by atoms with Gasteiger partial charge in [0.25, 0.3) is 0 Å². The first-order chi connectivity index (χ1) is 13.5. The second-order valence-electron chi connectivity index (χ2n) is 6.53. The smallest absolute Gasteiger partial charge is 0.409 e. The largest absolute Gasteiger partial charge is 0.450 e. The number of amides is 1. The molecule has 0 aliphatic carbocycles. The number of likely N-dealkylation sites (tertiary alicyclic amines) is 1. The van der Waals surface area contributed by atoms with E-state index in [1.807, 2.05) is 6.07 Å². The van der Waals surface area contributed by atoms with Crippen LogP contribution in [-0.2, 0) is 4.74 Å². The van der Waals surface area contributed by atoms with E-state index in [2.05, 4.69) is 25.8 Å². The minimum Gasteiger partial charge on any atom is -0.450 e. The molecule has 1 aliphatic heterocycles. The van der Waals surface area contributed by atoms with Crippen molar-refractivity contribution in [2.45, 2.75) is 32.7 Å². The first-order valence-corrected chi connectivity index (χ1v) is 9.31. The molecule has 2 aromatic rings. The van der Waals surface area contributed by atoms with Crippen LogP contribution in [0, 0.1) is 0 Å². The lowest BCUT2D eigenvalue weighted by Crippen LogP contribution is -2.42. The summed E-state index contributed by atoms with van der Waals surface area (Å²) in [5.74, 6) is 0.941. The average Bonchev–Trinajstić information content (AvgIpc) is 2.69. The molecule has 9 nitrogen and oxygen atoms in total. The van der Waals surface area contributed by atoms with E-state index in [0.717, 1.165) is 18.5 Å². The van der Waals surface area contributed by atoms with E-state index in [1.165, 1.54) is 6.92 Å². The molecule has 1 amide bonds. The number of Topliss-reactive ketones (excluding diaryl/α,β-unsaturated/α-hetero) is 1. The van der Waals surface area contributed by atoms with E-state index in [9.17, 15) is 9.59 Å². The van der Waals surface area contributed by atoms with Gasteiger partial charge in [0.15, 0.2) is 11.6 Å². The third-order valence-corrected chi connectivity index (χ3v) is 4.46. The Morgan fingerprint density at radius 1 is 1.29 bits per heavy atom. The number of benzene rings is 1. The Kier molecular flexibility index (Phi) is 6.36. The molecule has 1 aromatic carbocycles. The molecule has 9 heteroatoms. The van der Waals surface area contributed by atoms with Crippen LogP contribution in [-0.4, -0.2) is 57.7 Å². The highest BCUT2D eigenvalue weighted by molar-refractivity contribution is 5.95. The second kappa shape index (κ2) is 9.12. The maximum Gasteiger partial charge on any atom is 0.409 e. The Balaban J connectivity index is 1.58. The minimum absolute atomic E-state index is 0.00716. The maximum absolute atomic E-state index is 11.8. The summed E-state index contributed by atoms with van der Waals surface area (Å²) in [6, 6.07) is 7.33. The van der Waals surface area contributed by atoms with Crippen LogP contribution in [0.4, 0.5) is 22.2 Å². The van der Waals surface area contributed by atoms with Crippen LogP contribution in [0.15, 0.2) is 30.5 Å². The number of anilines is 3. The van der Waals surface area contributed by atoms with Crippen molar-refractivity contribution in [3.8, 4) is 0 Å². The highest BCUT2D eigenvalue weighted by Gasteiger charge is 2.23. The first-order valence-electron chi connectivity index (χ1n) is 9.31. The van der Waals surface area contributed by atoms with Gasteiger partial charge in [-0.3, -0.25) is 4.79 Å². The van der Waals surface area contributed by atoms with Crippen molar-refractivity contribution >= 4 is 29.3 Å². The van der Waals surface area contributed by atoms with Gasteiger partial charge in [-0.2, -0.15) is 10.1 Å². The Bertz CT molecular complexity index is 836. The molecular weight excluding hydrogens is 360 g/mol. The Labute approximate surface area is 163 Å². The number of rotatable bonds is 6. The number of ketones is 1. The van der Waals surface area contributed by atoms with E-state index in [-0.39, 0.29) is 17.9 Å². The number of nitrogens with one attached hydrogen (secondary N) is 2. The molecule has 0 saturated carbocycles. The van der Waals surface area contributed by atoms with Crippen molar-refractivity contribution in [1.29, 1.82) is 0 Å². The molecule has 148 valence electrons. The molecule has 28 heavy (non-hydrogen) atoms. The summed E-state index contributed by atoms with van der Waals surface area (Å²) < 4.78 is 5.04. The third-order valence-electron chi connectivity index (χ3n) is 4.46. The number of carbonyl (C=O) groups excluding carboxylic acids is 2. The number of piperidine rings is 1. The van der Waals surface area contributed by atoms with E-state index < -0.39 is 0 Å². The van der Waals surface area contributed by atoms with Gasteiger partial charge in [0.2, 0.25) is 5.95 Å². The Morgan fingerprint density at radius 2 is 2.07 bits per heavy atom. The molecule has 3 rings (SSSR count). The summed E-state index contributed by atoms with van der Waals surface area (Å²) in [5, 5.41) is 14.4. The molecule has 0 radical (unpaired) electrons. The summed E-state index contributed by atoms with van der Waals surface area (Å²) in [5.41, 5.74) is 1.33. The van der Waals surface area contributed by atoms with Crippen molar-refractivity contribution in [3.63, 3.8) is 0 Å². The molecule has 0 spiro atoms. The molecule has 0 atom stereocenters. The molecule has 2 heterocycles. The lowest BCUT2D eigenvalue weighted by Gasteiger charge is -2.31. The van der Waals surface area contributed by atoms with Crippen LogP contribution in [0.25, 0.3) is 0 Å². The van der Waals surface area contributed by atoms with E-state index in [0.29, 0.717) is 37.0 Å². The standard InChI is InChI=1S/C19H24N6O3/c1-3-28-19(27)25-9-7-15(8-10-25)21-17-12-20-24-18(23-17)22-16-6-4-5-14(11-16)13(2)26/h4-6,11-12,15H,3,7-10H2,1-2H3,(H2,21,22,23,24). The van der Waals surface area contributed by atoms with Crippen molar-refractivity contribution in [2.75, 3.05) is 30.3 Å². The number of hydrogen-bond donors (Lipinski definition) is 2. The zero-order valence-electron chi connectivity index (χ0n) is 16.0. The highest BCUT2D eigenvalue weighted by Crippen LogP contribution is 2.18. The predicted octanol–water partition coefficient (Wildman–Crippen LogP) is 2.85. The molecule has 1 aromatic heterocycles. The van der Waals surface area contributed by atoms with Gasteiger partial charge in [0, 0.05) is 30.4 Å². The number of aromatic nitrogens is 3. The second-order valence-corrected chi connectivity index (χ2v) is 6.53. The van der Waals surface area contributed by atoms with Gasteiger partial charge in [-0.05, 0) is 38.8 Å². The van der Waals surface area contributed by atoms with Crippen molar-refractivity contribution < 1.29 is 14.3 Å². The summed E-state index contributed by atoms with van der Waals surface area (Å²) in [6.07, 6.45) is 2.90. The molecular formula is C19H24N6O3. The van der Waals surface area contributed by atoms with Gasteiger partial charge in [0.05, 0.1) is 12.8 Å². The Morgan fingerprint density at radius 3 is 2.79 bits per heavy atom. The van der Waals surface area contributed by atoms with E-state index >= 15 is 0 Å². The number of nitrogens with zero attached hydrogens (tertiary/aromatic N) is 4. The quantitative estimate of drug-likeness (QED) is 0.732. The lowest BCUT2D eigenvalue weighted by molar-refractivity contribution is 0.0981. The van der Waals surface area contributed by atoms with Crippen molar-refractivity contribution in [2.24, 2.45) is 0 Å². The van der Waals surface area contributed by atoms with Gasteiger partial charge in [-0.1, -0.05) is 12.1 Å². The van der Waals surface area contributed by atoms with Crippen LogP contribution in [0.2, 0.25) is 0 Å². The SMILES string of the molecule is CCOC(=O)N1CCC(Nc2cnnc(Nc3cccc(C(C)=O)c3)n2)CC1. The maximum atomic E-state index is 11.8. The summed E-state index contributed by atoms with van der Waals surface area (Å²) in [6.45, 7) is 4.98. The zero-order chi connectivity index (χ0) is 19.9. The zero-order valence-corrected chi connectivity index (χ0v) is 16.0. The third kappa shape index (κ3) is 5.15. The topological polar surface area (TPSA) is 109 Å². The highest BCUT2D eigenvalue weighted by atomic mass is 16.6. The van der Waals surface area contributed by atoms with Crippen LogP contribution in [0.3, 0.4) is 0 Å². The lowest BCUT2D eigenvalue weighted by atomic mass is 10.1. The number of carbonyl (C=O) groups is 2. The van der Waals surface area contributed by atoms with Gasteiger partial charge < -0.3 is 20.3 Å². The van der Waals surface area contributed by atoms with E-state index in [4.69, 9.17) is 4.74 Å². The minimum atomic E-state index is -0.260. The van der Waals surface area contributed by atoms with Gasteiger partial charge in [-0.25, -0.2) is 4.79 Å². The molecule has 1 saturated heterocycles. The normalized spacial score (nSPS) is 14.4. The van der Waals surface area contributed by atoms with Crippen molar-refractivity contribution in [1.82, 2.24) is 20.1 Å². The fourth-order valence-corrected chi connectivity index (χ4v) is 3.00. The summed E-state index contributed by atoms with van der Waals surface area (Å²) >= 11 is 0. The van der Waals surface area contributed by atoms with Gasteiger partial charge in [0.1, 0.15) is 0 Å². The monoisotopic (exact) mass is 384 g/mol. The van der Waals surface area contributed by atoms with Crippen molar-refractivity contribution in [3.05, 3.63) is 36.0 Å². The Hall–Kier alpha value is -3.23. The van der Waals surface area contributed by atoms with E-state index in [1.54, 1.807) is 36.2 Å². The average molecular weight is 384 g/mol. The predicted molar refractivity (Wildman–Crippen MR) is 105 cm³/mol. The molecule has 1 aliphatic rings. The summed E-state index contributed by atoms with van der Waals surface area (Å²) in [4.78, 5) is 29.4.